The zero-order valence-corrected chi connectivity index (χ0v) is 19.1. The molecular weight excluding hydrogens is 406 g/mol. The van der Waals surface area contributed by atoms with Crippen molar-refractivity contribution in [1.29, 1.82) is 0 Å². The summed E-state index contributed by atoms with van der Waals surface area (Å²) in [5.41, 5.74) is 0.960. The predicted octanol–water partition coefficient (Wildman–Crippen LogP) is 3.19. The van der Waals surface area contributed by atoms with E-state index >= 15 is 0 Å². The highest BCUT2D eigenvalue weighted by molar-refractivity contribution is 6.09. The Kier molecular flexibility index (Phi) is 5.56. The van der Waals surface area contributed by atoms with E-state index in [-0.39, 0.29) is 29.8 Å². The van der Waals surface area contributed by atoms with Gasteiger partial charge in [0.2, 0.25) is 5.91 Å². The maximum absolute atomic E-state index is 13.2. The first kappa shape index (κ1) is 22.0. The van der Waals surface area contributed by atoms with Crippen molar-refractivity contribution in [3.8, 4) is 5.69 Å². The Hall–Kier alpha value is -3.16. The van der Waals surface area contributed by atoms with Crippen LogP contribution >= 0.6 is 0 Å². The maximum atomic E-state index is 13.2. The van der Waals surface area contributed by atoms with E-state index in [1.165, 1.54) is 0 Å². The minimum Gasteiger partial charge on any atom is -0.348 e. The molecule has 1 saturated heterocycles. The zero-order valence-electron chi connectivity index (χ0n) is 19.1. The van der Waals surface area contributed by atoms with Crippen LogP contribution in [0.25, 0.3) is 5.69 Å². The van der Waals surface area contributed by atoms with Crippen molar-refractivity contribution in [3.63, 3.8) is 0 Å². The molecule has 1 spiro atoms. The summed E-state index contributed by atoms with van der Waals surface area (Å²) in [5.74, 6) is -0.323. The largest absolute Gasteiger partial charge is 0.348 e. The molecule has 1 aromatic carbocycles. The van der Waals surface area contributed by atoms with E-state index in [1.54, 1.807) is 12.5 Å². The molecule has 2 heterocycles. The van der Waals surface area contributed by atoms with Gasteiger partial charge < -0.3 is 15.2 Å². The number of amides is 4. The number of carbonyl (C=O) groups excluding carboxylic acids is 3. The number of aromatic nitrogens is 2. The van der Waals surface area contributed by atoms with Crippen LogP contribution in [0.15, 0.2) is 43.0 Å². The molecule has 4 amide bonds. The molecule has 8 heteroatoms. The Morgan fingerprint density at radius 2 is 1.97 bits per heavy atom. The molecule has 170 valence electrons. The summed E-state index contributed by atoms with van der Waals surface area (Å²) < 4.78 is 1.90. The molecule has 2 fully saturated rings. The number of imidazole rings is 1. The lowest BCUT2D eigenvalue weighted by Gasteiger charge is -2.43. The lowest BCUT2D eigenvalue weighted by Crippen LogP contribution is -2.54. The monoisotopic (exact) mass is 437 g/mol. The van der Waals surface area contributed by atoms with E-state index in [0.29, 0.717) is 18.8 Å². The number of benzene rings is 1. The SMILES string of the molecule is C[C@@H]1CC(C)(C)C[C@]2(C1)NC(=O)N(CC(=O)N[C@H](C)c1ccc(-n3ccnc3)cc1)C2=O. The average molecular weight is 438 g/mol. The summed E-state index contributed by atoms with van der Waals surface area (Å²) in [5, 5.41) is 5.82. The maximum Gasteiger partial charge on any atom is 0.325 e. The van der Waals surface area contributed by atoms with Crippen LogP contribution in [-0.2, 0) is 9.59 Å². The summed E-state index contributed by atoms with van der Waals surface area (Å²) in [6.07, 6.45) is 7.51. The summed E-state index contributed by atoms with van der Waals surface area (Å²) in [4.78, 5) is 43.6. The van der Waals surface area contributed by atoms with Crippen LogP contribution in [-0.4, -0.2) is 44.4 Å². The van der Waals surface area contributed by atoms with Crippen LogP contribution in [0, 0.1) is 11.3 Å². The fraction of sp³-hybridized carbons (Fsp3) is 0.500. The second kappa shape index (κ2) is 8.07. The van der Waals surface area contributed by atoms with Gasteiger partial charge in [0.1, 0.15) is 12.1 Å². The molecule has 1 aliphatic heterocycles. The molecule has 0 unspecified atom stereocenters. The standard InChI is InChI=1S/C24H31N5O3/c1-16-11-23(3,4)14-24(12-16)21(31)29(22(32)27-24)13-20(30)26-17(2)18-5-7-19(8-6-18)28-10-9-25-15-28/h5-10,15-17H,11-14H2,1-4H3,(H,26,30)(H,27,32)/t16-,17-,24+/m1/s1. The van der Waals surface area contributed by atoms with Crippen LogP contribution in [0.1, 0.15) is 58.6 Å². The lowest BCUT2D eigenvalue weighted by molar-refractivity contribution is -0.137. The van der Waals surface area contributed by atoms with Gasteiger partial charge in [-0.2, -0.15) is 0 Å². The Labute approximate surface area is 188 Å². The number of hydrogen-bond donors (Lipinski definition) is 2. The first-order valence-corrected chi connectivity index (χ1v) is 11.1. The second-order valence-electron chi connectivity index (χ2n) is 10.1. The van der Waals surface area contributed by atoms with Crippen molar-refractivity contribution in [2.75, 3.05) is 6.54 Å². The molecule has 0 bridgehead atoms. The molecular formula is C24H31N5O3. The first-order chi connectivity index (χ1) is 15.1. The smallest absolute Gasteiger partial charge is 0.325 e. The van der Waals surface area contributed by atoms with Crippen LogP contribution < -0.4 is 10.6 Å². The minimum absolute atomic E-state index is 0.0454. The van der Waals surface area contributed by atoms with Crippen LogP contribution in [0.5, 0.6) is 0 Å². The molecule has 4 rings (SSSR count). The lowest BCUT2D eigenvalue weighted by atomic mass is 9.64. The summed E-state index contributed by atoms with van der Waals surface area (Å²) in [7, 11) is 0. The average Bonchev–Trinajstić information content (AvgIpc) is 3.30. The third-order valence-corrected chi connectivity index (χ3v) is 6.50. The third kappa shape index (κ3) is 4.26. The van der Waals surface area contributed by atoms with Crippen LogP contribution in [0.4, 0.5) is 4.79 Å². The highest BCUT2D eigenvalue weighted by atomic mass is 16.2. The Bertz CT molecular complexity index is 1010. The van der Waals surface area contributed by atoms with Crippen molar-refractivity contribution < 1.29 is 14.4 Å². The fourth-order valence-corrected chi connectivity index (χ4v) is 5.51. The number of urea groups is 1. The number of imide groups is 1. The Morgan fingerprint density at radius 1 is 1.25 bits per heavy atom. The van der Waals surface area contributed by atoms with Crippen molar-refractivity contribution in [3.05, 3.63) is 48.5 Å². The molecule has 1 aliphatic carbocycles. The molecule has 2 aromatic rings. The van der Waals surface area contributed by atoms with Crippen LogP contribution in [0.3, 0.4) is 0 Å². The van der Waals surface area contributed by atoms with E-state index in [9.17, 15) is 14.4 Å². The molecule has 0 radical (unpaired) electrons. The van der Waals surface area contributed by atoms with Gasteiger partial charge in [-0.05, 0) is 55.2 Å². The molecule has 2 aliphatic rings. The molecule has 1 saturated carbocycles. The van der Waals surface area contributed by atoms with Gasteiger partial charge in [0, 0.05) is 18.1 Å². The quantitative estimate of drug-likeness (QED) is 0.702. The summed E-state index contributed by atoms with van der Waals surface area (Å²) in [6, 6.07) is 7.04. The van der Waals surface area contributed by atoms with E-state index in [2.05, 4.69) is 36.4 Å². The predicted molar refractivity (Wildman–Crippen MR) is 120 cm³/mol. The Balaban J connectivity index is 1.39. The van der Waals surface area contributed by atoms with E-state index in [4.69, 9.17) is 0 Å². The van der Waals surface area contributed by atoms with Gasteiger partial charge in [0.25, 0.3) is 5.91 Å². The highest BCUT2D eigenvalue weighted by Gasteiger charge is 2.56. The van der Waals surface area contributed by atoms with Crippen LogP contribution in [0.2, 0.25) is 0 Å². The van der Waals surface area contributed by atoms with Gasteiger partial charge in [0.15, 0.2) is 0 Å². The van der Waals surface area contributed by atoms with E-state index < -0.39 is 11.6 Å². The first-order valence-electron chi connectivity index (χ1n) is 11.1. The number of nitrogens with zero attached hydrogens (tertiary/aromatic N) is 3. The number of rotatable bonds is 5. The molecule has 1 aromatic heterocycles. The van der Waals surface area contributed by atoms with Gasteiger partial charge >= 0.3 is 6.03 Å². The number of nitrogens with one attached hydrogen (secondary N) is 2. The molecule has 32 heavy (non-hydrogen) atoms. The zero-order chi connectivity index (χ0) is 23.1. The van der Waals surface area contributed by atoms with Crippen molar-refractivity contribution in [2.45, 2.75) is 58.5 Å². The topological polar surface area (TPSA) is 96.3 Å². The Morgan fingerprint density at radius 3 is 2.59 bits per heavy atom. The van der Waals surface area contributed by atoms with E-state index in [1.807, 2.05) is 42.0 Å². The third-order valence-electron chi connectivity index (χ3n) is 6.50. The van der Waals surface area contributed by atoms with E-state index in [0.717, 1.165) is 22.6 Å². The minimum atomic E-state index is -0.896. The second-order valence-corrected chi connectivity index (χ2v) is 10.1. The molecule has 8 nitrogen and oxygen atoms in total. The van der Waals surface area contributed by atoms with Crippen molar-refractivity contribution in [2.24, 2.45) is 11.3 Å². The van der Waals surface area contributed by atoms with Gasteiger partial charge in [0.05, 0.1) is 12.4 Å². The molecule has 2 N–H and O–H groups in total. The number of hydrogen-bond acceptors (Lipinski definition) is 4. The van der Waals surface area contributed by atoms with Gasteiger partial charge in [-0.25, -0.2) is 9.78 Å². The van der Waals surface area contributed by atoms with Gasteiger partial charge in [-0.15, -0.1) is 0 Å². The van der Waals surface area contributed by atoms with Crippen molar-refractivity contribution in [1.82, 2.24) is 25.1 Å². The van der Waals surface area contributed by atoms with Gasteiger partial charge in [-0.1, -0.05) is 32.9 Å². The summed E-state index contributed by atoms with van der Waals surface area (Å²) >= 11 is 0. The normalized spacial score (nSPS) is 25.6. The highest BCUT2D eigenvalue weighted by Crippen LogP contribution is 2.46. The molecule has 3 atom stereocenters. The number of carbonyl (C=O) groups is 3. The summed E-state index contributed by atoms with van der Waals surface area (Å²) in [6.45, 7) is 7.96. The van der Waals surface area contributed by atoms with Gasteiger partial charge in [-0.3, -0.25) is 14.5 Å². The van der Waals surface area contributed by atoms with Crippen molar-refractivity contribution >= 4 is 17.8 Å². The fourth-order valence-electron chi connectivity index (χ4n) is 5.51.